The smallest absolute Gasteiger partial charge is 0.259 e. The first-order valence-electron chi connectivity index (χ1n) is 10.5. The molecule has 0 aliphatic carbocycles. The molecule has 0 saturated carbocycles. The molecule has 4 nitrogen and oxygen atoms in total. The molecule has 0 bridgehead atoms. The number of halogens is 2. The van der Waals surface area contributed by atoms with Crippen molar-refractivity contribution in [1.82, 2.24) is 3.96 Å². The van der Waals surface area contributed by atoms with Crippen LogP contribution < -0.4 is 9.64 Å². The standard InChI is InChI=1S/C26H20ClFN2O2S2/c1-26(2)23-22(25(33)30(34-23)18-6-4-5-16(27)13-18)20-14-19(32-3)11-12-21(20)29(26)24(31)15-7-9-17(28)10-8-15/h4-14H,1-3H3. The molecule has 1 amide bonds. The number of hydrogen-bond acceptors (Lipinski definition) is 4. The van der Waals surface area contributed by atoms with Crippen molar-refractivity contribution in [2.75, 3.05) is 12.0 Å². The van der Waals surface area contributed by atoms with E-state index in [1.165, 1.54) is 35.8 Å². The number of carbonyl (C=O) groups excluding carboxylic acids is 1. The Labute approximate surface area is 210 Å². The first-order valence-corrected chi connectivity index (χ1v) is 12.1. The monoisotopic (exact) mass is 510 g/mol. The highest BCUT2D eigenvalue weighted by atomic mass is 35.5. The van der Waals surface area contributed by atoms with E-state index in [0.29, 0.717) is 21.0 Å². The molecule has 0 fully saturated rings. The molecule has 172 valence electrons. The fraction of sp³-hybridized carbons (Fsp3) is 0.154. The van der Waals surface area contributed by atoms with Gasteiger partial charge in [0.25, 0.3) is 5.91 Å². The number of ether oxygens (including phenoxy) is 1. The van der Waals surface area contributed by atoms with Crippen LogP contribution in [0, 0.1) is 10.5 Å². The number of nitrogens with zero attached hydrogens (tertiary/aromatic N) is 2. The summed E-state index contributed by atoms with van der Waals surface area (Å²) in [6.07, 6.45) is 0. The van der Waals surface area contributed by atoms with Gasteiger partial charge in [-0.1, -0.05) is 41.4 Å². The van der Waals surface area contributed by atoms with Crippen molar-refractivity contribution in [2.45, 2.75) is 19.4 Å². The number of fused-ring (bicyclic) bond motifs is 3. The Morgan fingerprint density at radius 2 is 1.82 bits per heavy atom. The molecule has 1 aromatic heterocycles. The molecule has 4 aromatic rings. The molecule has 0 N–H and O–H groups in total. The van der Waals surface area contributed by atoms with E-state index in [2.05, 4.69) is 0 Å². The van der Waals surface area contributed by atoms with Crippen molar-refractivity contribution in [3.63, 3.8) is 0 Å². The van der Waals surface area contributed by atoms with Crippen LogP contribution in [0.5, 0.6) is 5.75 Å². The van der Waals surface area contributed by atoms with Gasteiger partial charge in [0, 0.05) is 21.7 Å². The first-order chi connectivity index (χ1) is 16.2. The van der Waals surface area contributed by atoms with Gasteiger partial charge in [-0.15, -0.1) is 0 Å². The van der Waals surface area contributed by atoms with Crippen molar-refractivity contribution in [3.05, 3.63) is 92.7 Å². The second-order valence-corrected chi connectivity index (χ2v) is 10.2. The maximum absolute atomic E-state index is 13.8. The van der Waals surface area contributed by atoms with Gasteiger partial charge in [0.2, 0.25) is 0 Å². The number of methoxy groups -OCH3 is 1. The largest absolute Gasteiger partial charge is 0.497 e. The van der Waals surface area contributed by atoms with E-state index in [0.717, 1.165) is 27.4 Å². The normalized spacial score (nSPS) is 13.9. The summed E-state index contributed by atoms with van der Waals surface area (Å²) >= 11 is 13.7. The van der Waals surface area contributed by atoms with Gasteiger partial charge in [-0.2, -0.15) is 0 Å². The second kappa shape index (κ2) is 8.34. The maximum atomic E-state index is 13.8. The third kappa shape index (κ3) is 3.55. The van der Waals surface area contributed by atoms with Gasteiger partial charge in [0.1, 0.15) is 16.2 Å². The number of amides is 1. The minimum Gasteiger partial charge on any atom is -0.497 e. The zero-order chi connectivity index (χ0) is 24.2. The molecule has 8 heteroatoms. The van der Waals surface area contributed by atoms with Crippen LogP contribution in [-0.4, -0.2) is 17.0 Å². The fourth-order valence-electron chi connectivity index (χ4n) is 4.33. The van der Waals surface area contributed by atoms with E-state index in [1.807, 2.05) is 60.3 Å². The molecule has 2 heterocycles. The molecule has 1 aliphatic heterocycles. The Morgan fingerprint density at radius 1 is 1.09 bits per heavy atom. The van der Waals surface area contributed by atoms with E-state index in [1.54, 1.807) is 12.0 Å². The predicted molar refractivity (Wildman–Crippen MR) is 138 cm³/mol. The van der Waals surface area contributed by atoms with E-state index < -0.39 is 11.4 Å². The zero-order valence-corrected chi connectivity index (χ0v) is 21.0. The van der Waals surface area contributed by atoms with Gasteiger partial charge in [-0.25, -0.2) is 4.39 Å². The molecular formula is C26H20ClFN2O2S2. The van der Waals surface area contributed by atoms with Gasteiger partial charge in [0.05, 0.1) is 28.9 Å². The van der Waals surface area contributed by atoms with Crippen molar-refractivity contribution < 1.29 is 13.9 Å². The number of benzene rings is 3. The lowest BCUT2D eigenvalue weighted by Gasteiger charge is -2.42. The van der Waals surface area contributed by atoms with Gasteiger partial charge in [-0.3, -0.25) is 13.7 Å². The Kier molecular flexibility index (Phi) is 5.59. The van der Waals surface area contributed by atoms with Gasteiger partial charge in [0.15, 0.2) is 0 Å². The molecule has 0 atom stereocenters. The molecule has 0 unspecified atom stereocenters. The lowest BCUT2D eigenvalue weighted by Crippen LogP contribution is -2.47. The summed E-state index contributed by atoms with van der Waals surface area (Å²) in [7, 11) is 1.60. The molecule has 0 radical (unpaired) electrons. The molecule has 34 heavy (non-hydrogen) atoms. The van der Waals surface area contributed by atoms with Crippen LogP contribution in [0.25, 0.3) is 16.8 Å². The quantitative estimate of drug-likeness (QED) is 0.266. The van der Waals surface area contributed by atoms with Crippen LogP contribution in [0.4, 0.5) is 10.1 Å². The summed E-state index contributed by atoms with van der Waals surface area (Å²) < 4.78 is 21.6. The van der Waals surface area contributed by atoms with E-state index in [4.69, 9.17) is 28.6 Å². The van der Waals surface area contributed by atoms with Crippen LogP contribution >= 0.6 is 35.4 Å². The highest BCUT2D eigenvalue weighted by Crippen LogP contribution is 2.52. The van der Waals surface area contributed by atoms with Crippen LogP contribution in [0.15, 0.2) is 66.7 Å². The van der Waals surface area contributed by atoms with E-state index >= 15 is 0 Å². The molecule has 5 rings (SSSR count). The number of anilines is 1. The first kappa shape index (κ1) is 22.8. The summed E-state index contributed by atoms with van der Waals surface area (Å²) in [5.74, 6) is 0.0441. The average Bonchev–Trinajstić information content (AvgIpc) is 3.17. The molecule has 0 spiro atoms. The highest BCUT2D eigenvalue weighted by molar-refractivity contribution is 7.71. The fourth-order valence-corrected chi connectivity index (χ4v) is 6.20. The third-order valence-corrected chi connectivity index (χ3v) is 8.17. The lowest BCUT2D eigenvalue weighted by atomic mass is 9.86. The van der Waals surface area contributed by atoms with Crippen molar-refractivity contribution >= 4 is 46.9 Å². The molecule has 3 aromatic carbocycles. The summed E-state index contributed by atoms with van der Waals surface area (Å²) in [5.41, 5.74) is 2.94. The van der Waals surface area contributed by atoms with E-state index in [-0.39, 0.29) is 5.91 Å². The van der Waals surface area contributed by atoms with E-state index in [9.17, 15) is 9.18 Å². The number of carbonyl (C=O) groups is 1. The van der Waals surface area contributed by atoms with Crippen molar-refractivity contribution in [1.29, 1.82) is 0 Å². The summed E-state index contributed by atoms with van der Waals surface area (Å²) in [6, 6.07) is 18.7. The Hall–Kier alpha value is -3.00. The van der Waals surface area contributed by atoms with Crippen molar-refractivity contribution in [2.24, 2.45) is 0 Å². The summed E-state index contributed by atoms with van der Waals surface area (Å²) in [6.45, 7) is 3.99. The molecule has 1 aliphatic rings. The SMILES string of the molecule is COc1ccc2c(c1)-c1c(sn(-c3cccc(Cl)c3)c1=S)C(C)(C)N2C(=O)c1ccc(F)cc1. The van der Waals surface area contributed by atoms with Crippen LogP contribution in [-0.2, 0) is 5.54 Å². The summed E-state index contributed by atoms with van der Waals surface area (Å²) in [4.78, 5) is 16.5. The second-order valence-electron chi connectivity index (χ2n) is 8.46. The van der Waals surface area contributed by atoms with Gasteiger partial charge < -0.3 is 4.74 Å². The maximum Gasteiger partial charge on any atom is 0.259 e. The number of hydrogen-bond donors (Lipinski definition) is 0. The molecular weight excluding hydrogens is 491 g/mol. The lowest BCUT2D eigenvalue weighted by molar-refractivity contribution is 0.0961. The Bertz CT molecular complexity index is 1490. The van der Waals surface area contributed by atoms with Crippen LogP contribution in [0.1, 0.15) is 29.1 Å². The Balaban J connectivity index is 1.77. The Morgan fingerprint density at radius 3 is 2.50 bits per heavy atom. The average molecular weight is 511 g/mol. The number of rotatable bonds is 3. The summed E-state index contributed by atoms with van der Waals surface area (Å²) in [5, 5.41) is 0.611. The topological polar surface area (TPSA) is 34.5 Å². The van der Waals surface area contributed by atoms with Crippen LogP contribution in [0.3, 0.4) is 0 Å². The molecule has 0 saturated heterocycles. The highest BCUT2D eigenvalue weighted by Gasteiger charge is 2.44. The van der Waals surface area contributed by atoms with Gasteiger partial charge >= 0.3 is 0 Å². The number of aromatic nitrogens is 1. The zero-order valence-electron chi connectivity index (χ0n) is 18.6. The van der Waals surface area contributed by atoms with Gasteiger partial charge in [-0.05, 0) is 74.5 Å². The minimum absolute atomic E-state index is 0.226. The minimum atomic E-state index is -0.732. The van der Waals surface area contributed by atoms with Crippen LogP contribution in [0.2, 0.25) is 5.02 Å². The predicted octanol–water partition coefficient (Wildman–Crippen LogP) is 7.63. The van der Waals surface area contributed by atoms with Crippen molar-refractivity contribution in [3.8, 4) is 22.6 Å². The third-order valence-electron chi connectivity index (χ3n) is 5.97.